The van der Waals surface area contributed by atoms with E-state index in [1.807, 2.05) is 30.1 Å². The molecular formula is C20H20ClN5OS. The molecule has 28 heavy (non-hydrogen) atoms. The van der Waals surface area contributed by atoms with E-state index in [9.17, 15) is 4.79 Å². The molecule has 6 nitrogen and oxygen atoms in total. The average Bonchev–Trinajstić information content (AvgIpc) is 3.20. The number of hydrogen-bond donors (Lipinski definition) is 0. The number of rotatable bonds is 5. The highest BCUT2D eigenvalue weighted by molar-refractivity contribution is 7.99. The molecular weight excluding hydrogens is 394 g/mol. The van der Waals surface area contributed by atoms with E-state index in [0.29, 0.717) is 10.2 Å². The fourth-order valence-electron chi connectivity index (χ4n) is 3.55. The Bertz CT molecular complexity index is 975. The van der Waals surface area contributed by atoms with Crippen molar-refractivity contribution in [2.75, 3.05) is 12.8 Å². The number of halogens is 1. The maximum Gasteiger partial charge on any atom is 0.233 e. The van der Waals surface area contributed by atoms with E-state index in [-0.39, 0.29) is 17.7 Å². The SMILES string of the molecule is CN(C(=O)CSc1nnnn1-c1ccc(Cl)cc1)C1CCCc2ccccc21. The fraction of sp³-hybridized carbons (Fsp3) is 0.300. The summed E-state index contributed by atoms with van der Waals surface area (Å²) in [5.41, 5.74) is 3.41. The van der Waals surface area contributed by atoms with E-state index in [1.165, 1.54) is 22.9 Å². The summed E-state index contributed by atoms with van der Waals surface area (Å²) in [7, 11) is 1.89. The summed E-state index contributed by atoms with van der Waals surface area (Å²) in [5.74, 6) is 0.348. The molecule has 1 unspecified atom stereocenters. The molecule has 1 aliphatic carbocycles. The number of aryl methyl sites for hydroxylation is 1. The quantitative estimate of drug-likeness (QED) is 0.593. The molecule has 144 valence electrons. The summed E-state index contributed by atoms with van der Waals surface area (Å²) >= 11 is 7.28. The number of carbonyl (C=O) groups excluding carboxylic acids is 1. The second-order valence-electron chi connectivity index (χ2n) is 6.75. The molecule has 1 amide bonds. The lowest BCUT2D eigenvalue weighted by Crippen LogP contribution is -2.34. The van der Waals surface area contributed by atoms with Gasteiger partial charge in [0, 0.05) is 12.1 Å². The first-order chi connectivity index (χ1) is 13.6. The van der Waals surface area contributed by atoms with Gasteiger partial charge in [0.1, 0.15) is 0 Å². The molecule has 4 rings (SSSR count). The van der Waals surface area contributed by atoms with Crippen LogP contribution in [0.1, 0.15) is 30.0 Å². The third-order valence-corrected chi connectivity index (χ3v) is 6.19. The van der Waals surface area contributed by atoms with Gasteiger partial charge in [0.05, 0.1) is 17.5 Å². The van der Waals surface area contributed by atoms with E-state index in [1.54, 1.807) is 16.8 Å². The number of fused-ring (bicyclic) bond motifs is 1. The van der Waals surface area contributed by atoms with Crippen LogP contribution in [-0.4, -0.2) is 43.8 Å². The monoisotopic (exact) mass is 413 g/mol. The summed E-state index contributed by atoms with van der Waals surface area (Å²) in [6, 6.07) is 15.8. The summed E-state index contributed by atoms with van der Waals surface area (Å²) < 4.78 is 1.62. The molecule has 1 aromatic heterocycles. The molecule has 0 spiro atoms. The van der Waals surface area contributed by atoms with Gasteiger partial charge < -0.3 is 4.90 Å². The lowest BCUT2D eigenvalue weighted by atomic mass is 9.87. The van der Waals surface area contributed by atoms with Gasteiger partial charge in [-0.25, -0.2) is 0 Å². The van der Waals surface area contributed by atoms with Crippen LogP contribution in [0.15, 0.2) is 53.7 Å². The zero-order valence-corrected chi connectivity index (χ0v) is 17.0. The Kier molecular flexibility index (Phi) is 5.64. The molecule has 0 fully saturated rings. The van der Waals surface area contributed by atoms with Crippen molar-refractivity contribution in [3.8, 4) is 5.69 Å². The molecule has 2 aromatic carbocycles. The standard InChI is InChI=1S/C20H20ClN5OS/c1-25(18-8-4-6-14-5-2-3-7-17(14)18)19(27)13-28-20-22-23-24-26(20)16-11-9-15(21)10-12-16/h2-3,5,7,9-12,18H,4,6,8,13H2,1H3. The fourth-order valence-corrected chi connectivity index (χ4v) is 4.49. The van der Waals surface area contributed by atoms with Crippen molar-refractivity contribution in [2.45, 2.75) is 30.5 Å². The Morgan fingerprint density at radius 3 is 2.86 bits per heavy atom. The van der Waals surface area contributed by atoms with Gasteiger partial charge in [0.25, 0.3) is 0 Å². The topological polar surface area (TPSA) is 63.9 Å². The van der Waals surface area contributed by atoms with E-state index in [0.717, 1.165) is 24.9 Å². The van der Waals surface area contributed by atoms with Crippen LogP contribution in [0.4, 0.5) is 0 Å². The maximum absolute atomic E-state index is 12.8. The summed E-state index contributed by atoms with van der Waals surface area (Å²) in [4.78, 5) is 14.7. The van der Waals surface area contributed by atoms with Gasteiger partial charge in [-0.05, 0) is 65.1 Å². The molecule has 3 aromatic rings. The summed E-state index contributed by atoms with van der Waals surface area (Å²) in [6.07, 6.45) is 3.17. The zero-order valence-electron chi connectivity index (χ0n) is 15.5. The predicted molar refractivity (Wildman–Crippen MR) is 110 cm³/mol. The molecule has 0 N–H and O–H groups in total. The Morgan fingerprint density at radius 2 is 2.04 bits per heavy atom. The first-order valence-electron chi connectivity index (χ1n) is 9.14. The number of aromatic nitrogens is 4. The second-order valence-corrected chi connectivity index (χ2v) is 8.13. The summed E-state index contributed by atoms with van der Waals surface area (Å²) in [5, 5.41) is 13.1. The van der Waals surface area contributed by atoms with Crippen LogP contribution in [0, 0.1) is 0 Å². The lowest BCUT2D eigenvalue weighted by Gasteiger charge is -2.33. The van der Waals surface area contributed by atoms with Crippen LogP contribution < -0.4 is 0 Å². The van der Waals surface area contributed by atoms with E-state index in [2.05, 4.69) is 33.7 Å². The first kappa shape index (κ1) is 19.0. The smallest absolute Gasteiger partial charge is 0.233 e. The predicted octanol–water partition coefficient (Wildman–Crippen LogP) is 3.94. The van der Waals surface area contributed by atoms with Crippen molar-refractivity contribution in [1.82, 2.24) is 25.1 Å². The minimum atomic E-state index is 0.0670. The van der Waals surface area contributed by atoms with Crippen molar-refractivity contribution in [2.24, 2.45) is 0 Å². The van der Waals surface area contributed by atoms with Crippen molar-refractivity contribution in [3.63, 3.8) is 0 Å². The lowest BCUT2D eigenvalue weighted by molar-refractivity contribution is -0.129. The first-order valence-corrected chi connectivity index (χ1v) is 10.5. The van der Waals surface area contributed by atoms with Crippen LogP contribution in [0.3, 0.4) is 0 Å². The van der Waals surface area contributed by atoms with Gasteiger partial charge in [0.15, 0.2) is 0 Å². The van der Waals surface area contributed by atoms with E-state index >= 15 is 0 Å². The molecule has 1 heterocycles. The number of benzene rings is 2. The molecule has 8 heteroatoms. The molecule has 0 saturated carbocycles. The number of hydrogen-bond acceptors (Lipinski definition) is 5. The van der Waals surface area contributed by atoms with Gasteiger partial charge in [-0.2, -0.15) is 4.68 Å². The maximum atomic E-state index is 12.8. The Morgan fingerprint density at radius 1 is 1.25 bits per heavy atom. The number of tetrazole rings is 1. The van der Waals surface area contributed by atoms with Crippen LogP contribution in [-0.2, 0) is 11.2 Å². The molecule has 0 saturated heterocycles. The summed E-state index contributed by atoms with van der Waals surface area (Å²) in [6.45, 7) is 0. The average molecular weight is 414 g/mol. The van der Waals surface area contributed by atoms with Crippen LogP contribution in [0.2, 0.25) is 5.02 Å². The van der Waals surface area contributed by atoms with Gasteiger partial charge in [-0.1, -0.05) is 47.6 Å². The number of amides is 1. The van der Waals surface area contributed by atoms with E-state index < -0.39 is 0 Å². The second kappa shape index (κ2) is 8.32. The highest BCUT2D eigenvalue weighted by Gasteiger charge is 2.26. The number of nitrogens with zero attached hydrogens (tertiary/aromatic N) is 5. The van der Waals surface area contributed by atoms with Crippen LogP contribution in [0.5, 0.6) is 0 Å². The molecule has 1 aliphatic rings. The van der Waals surface area contributed by atoms with Crippen molar-refractivity contribution in [1.29, 1.82) is 0 Å². The van der Waals surface area contributed by atoms with Gasteiger partial charge >= 0.3 is 0 Å². The number of carbonyl (C=O) groups is 1. The Labute approximate surface area is 172 Å². The normalized spacial score (nSPS) is 15.9. The largest absolute Gasteiger partial charge is 0.338 e. The van der Waals surface area contributed by atoms with Crippen molar-refractivity contribution >= 4 is 29.3 Å². The van der Waals surface area contributed by atoms with Gasteiger partial charge in [-0.15, -0.1) is 5.10 Å². The third-order valence-electron chi connectivity index (χ3n) is 5.04. The minimum absolute atomic E-state index is 0.0670. The Balaban J connectivity index is 1.44. The third kappa shape index (κ3) is 3.91. The van der Waals surface area contributed by atoms with E-state index in [4.69, 9.17) is 11.6 Å². The van der Waals surface area contributed by atoms with Gasteiger partial charge in [0.2, 0.25) is 11.1 Å². The van der Waals surface area contributed by atoms with Crippen LogP contribution in [0.25, 0.3) is 5.69 Å². The van der Waals surface area contributed by atoms with Crippen LogP contribution >= 0.6 is 23.4 Å². The molecule has 0 radical (unpaired) electrons. The highest BCUT2D eigenvalue weighted by Crippen LogP contribution is 2.34. The van der Waals surface area contributed by atoms with Crippen molar-refractivity contribution in [3.05, 3.63) is 64.7 Å². The molecule has 0 aliphatic heterocycles. The highest BCUT2D eigenvalue weighted by atomic mass is 35.5. The molecule has 0 bridgehead atoms. The number of thioether (sulfide) groups is 1. The van der Waals surface area contributed by atoms with Gasteiger partial charge in [-0.3, -0.25) is 4.79 Å². The minimum Gasteiger partial charge on any atom is -0.338 e. The molecule has 1 atom stereocenters. The Hall–Kier alpha value is -2.38. The van der Waals surface area contributed by atoms with Crippen molar-refractivity contribution < 1.29 is 4.79 Å². The zero-order chi connectivity index (χ0) is 19.5.